The molecule has 1 saturated heterocycles. The first-order valence-corrected chi connectivity index (χ1v) is 6.42. The maximum atomic E-state index is 10.3. The minimum absolute atomic E-state index is 0.234. The molecule has 1 N–H and O–H groups in total. The van der Waals surface area contributed by atoms with Crippen LogP contribution in [0, 0.1) is 0 Å². The molecule has 2 rings (SSSR count). The van der Waals surface area contributed by atoms with Crippen LogP contribution in [0.4, 0.5) is 0 Å². The number of rotatable bonds is 2. The highest BCUT2D eigenvalue weighted by Gasteiger charge is 2.48. The van der Waals surface area contributed by atoms with Crippen LogP contribution in [0.25, 0.3) is 0 Å². The Bertz CT molecular complexity index is 401. The number of hydrogen-bond acceptors (Lipinski definition) is 3. The molecule has 0 aliphatic carbocycles. The van der Waals surface area contributed by atoms with Crippen molar-refractivity contribution in [3.8, 4) is 0 Å². The van der Waals surface area contributed by atoms with E-state index in [9.17, 15) is 5.11 Å². The maximum Gasteiger partial charge on any atom is 0.164 e. The second-order valence-corrected chi connectivity index (χ2v) is 5.74. The fourth-order valence-corrected chi connectivity index (χ4v) is 2.80. The van der Waals surface area contributed by atoms with Gasteiger partial charge in [-0.2, -0.15) is 0 Å². The molecule has 3 nitrogen and oxygen atoms in total. The first kappa shape index (κ1) is 13.5. The van der Waals surface area contributed by atoms with Crippen molar-refractivity contribution < 1.29 is 14.6 Å². The van der Waals surface area contributed by atoms with Crippen molar-refractivity contribution in [3.05, 3.63) is 35.9 Å². The van der Waals surface area contributed by atoms with E-state index in [-0.39, 0.29) is 6.10 Å². The van der Waals surface area contributed by atoms with Crippen molar-refractivity contribution in [2.45, 2.75) is 57.7 Å². The molecule has 1 fully saturated rings. The van der Waals surface area contributed by atoms with Gasteiger partial charge in [0.1, 0.15) is 11.7 Å². The topological polar surface area (TPSA) is 38.7 Å². The van der Waals surface area contributed by atoms with Crippen LogP contribution < -0.4 is 0 Å². The first-order chi connectivity index (χ1) is 8.32. The molecule has 0 unspecified atom stereocenters. The summed E-state index contributed by atoms with van der Waals surface area (Å²) in [4.78, 5) is 0. The van der Waals surface area contributed by atoms with Gasteiger partial charge in [-0.25, -0.2) is 0 Å². The van der Waals surface area contributed by atoms with Gasteiger partial charge in [0.05, 0.1) is 6.10 Å². The fraction of sp³-hybridized carbons (Fsp3) is 0.600. The summed E-state index contributed by atoms with van der Waals surface area (Å²) < 4.78 is 11.6. The molecule has 0 radical (unpaired) electrons. The Balaban J connectivity index is 2.22. The highest BCUT2D eigenvalue weighted by Crippen LogP contribution is 2.36. The first-order valence-electron chi connectivity index (χ1n) is 6.42. The Hall–Kier alpha value is -0.900. The molecular formula is C15H22O3. The molecule has 0 spiro atoms. The summed E-state index contributed by atoms with van der Waals surface area (Å²) in [6.45, 7) is 7.61. The SMILES string of the molecule is C[C@H]1OC(C)(C)O[C@](C)(Cc2ccccc2)[C@H]1O. The molecule has 1 aliphatic rings. The molecule has 0 amide bonds. The van der Waals surface area contributed by atoms with Gasteiger partial charge >= 0.3 is 0 Å². The van der Waals surface area contributed by atoms with E-state index in [4.69, 9.17) is 9.47 Å². The highest BCUT2D eigenvalue weighted by atomic mass is 16.7. The van der Waals surface area contributed by atoms with Crippen molar-refractivity contribution in [3.63, 3.8) is 0 Å². The van der Waals surface area contributed by atoms with Gasteiger partial charge in [0, 0.05) is 6.42 Å². The quantitative estimate of drug-likeness (QED) is 0.876. The Kier molecular flexibility index (Phi) is 3.49. The summed E-state index contributed by atoms with van der Waals surface area (Å²) in [6, 6.07) is 10.1. The van der Waals surface area contributed by atoms with E-state index >= 15 is 0 Å². The van der Waals surface area contributed by atoms with Crippen LogP contribution in [-0.2, 0) is 15.9 Å². The van der Waals surface area contributed by atoms with Crippen LogP contribution in [0.1, 0.15) is 33.3 Å². The number of aliphatic hydroxyl groups is 1. The standard InChI is InChI=1S/C15H22O3/c1-11-13(16)15(4,18-14(2,3)17-11)10-12-8-6-5-7-9-12/h5-9,11,13,16H,10H2,1-4H3/t11-,13+,15-/m1/s1. The fourth-order valence-electron chi connectivity index (χ4n) is 2.80. The van der Waals surface area contributed by atoms with Gasteiger partial charge in [0.15, 0.2) is 5.79 Å². The number of hydrogen-bond donors (Lipinski definition) is 1. The van der Waals surface area contributed by atoms with Crippen LogP contribution in [0.15, 0.2) is 30.3 Å². The Morgan fingerprint density at radius 2 is 1.78 bits per heavy atom. The van der Waals surface area contributed by atoms with Crippen molar-refractivity contribution in [1.82, 2.24) is 0 Å². The monoisotopic (exact) mass is 250 g/mol. The van der Waals surface area contributed by atoms with E-state index < -0.39 is 17.5 Å². The second kappa shape index (κ2) is 4.65. The average Bonchev–Trinajstić information content (AvgIpc) is 2.26. The molecule has 3 atom stereocenters. The van der Waals surface area contributed by atoms with Crippen molar-refractivity contribution in [2.24, 2.45) is 0 Å². The van der Waals surface area contributed by atoms with E-state index in [1.807, 2.05) is 45.9 Å². The molecule has 3 heteroatoms. The molecule has 0 bridgehead atoms. The van der Waals surface area contributed by atoms with Gasteiger partial charge in [0.2, 0.25) is 0 Å². The third kappa shape index (κ3) is 2.74. The molecule has 0 aromatic heterocycles. The smallest absolute Gasteiger partial charge is 0.164 e. The molecule has 1 aromatic rings. The number of ether oxygens (including phenoxy) is 2. The van der Waals surface area contributed by atoms with Crippen molar-refractivity contribution >= 4 is 0 Å². The summed E-state index contributed by atoms with van der Waals surface area (Å²) in [5.74, 6) is -0.665. The zero-order chi connectivity index (χ0) is 13.4. The Morgan fingerprint density at radius 3 is 2.39 bits per heavy atom. The van der Waals surface area contributed by atoms with E-state index in [0.717, 1.165) is 5.56 Å². The lowest BCUT2D eigenvalue weighted by Crippen LogP contribution is -2.60. The highest BCUT2D eigenvalue weighted by molar-refractivity contribution is 5.18. The van der Waals surface area contributed by atoms with Gasteiger partial charge in [-0.15, -0.1) is 0 Å². The van der Waals surface area contributed by atoms with Crippen molar-refractivity contribution in [2.75, 3.05) is 0 Å². The predicted molar refractivity (Wildman–Crippen MR) is 70.3 cm³/mol. The molecule has 1 heterocycles. The van der Waals surface area contributed by atoms with E-state index in [1.54, 1.807) is 0 Å². The molecule has 0 saturated carbocycles. The van der Waals surface area contributed by atoms with Gasteiger partial charge in [0.25, 0.3) is 0 Å². The lowest BCUT2D eigenvalue weighted by molar-refractivity contribution is -0.360. The van der Waals surface area contributed by atoms with Gasteiger partial charge < -0.3 is 14.6 Å². The summed E-state index contributed by atoms with van der Waals surface area (Å²) in [5.41, 5.74) is 0.534. The lowest BCUT2D eigenvalue weighted by atomic mass is 9.86. The van der Waals surface area contributed by atoms with Crippen LogP contribution in [-0.4, -0.2) is 28.7 Å². The minimum Gasteiger partial charge on any atom is -0.387 e. The average molecular weight is 250 g/mol. The van der Waals surface area contributed by atoms with E-state index in [2.05, 4.69) is 12.1 Å². The largest absolute Gasteiger partial charge is 0.387 e. The number of aliphatic hydroxyl groups excluding tert-OH is 1. The van der Waals surface area contributed by atoms with Crippen LogP contribution in [0.5, 0.6) is 0 Å². The zero-order valence-electron chi connectivity index (χ0n) is 11.5. The van der Waals surface area contributed by atoms with Gasteiger partial charge in [-0.05, 0) is 33.3 Å². The molecule has 1 aliphatic heterocycles. The zero-order valence-corrected chi connectivity index (χ0v) is 11.5. The van der Waals surface area contributed by atoms with E-state index in [1.165, 1.54) is 0 Å². The Labute approximate surface area is 109 Å². The van der Waals surface area contributed by atoms with Crippen LogP contribution >= 0.6 is 0 Å². The van der Waals surface area contributed by atoms with E-state index in [0.29, 0.717) is 6.42 Å². The van der Waals surface area contributed by atoms with Gasteiger partial charge in [-0.3, -0.25) is 0 Å². The summed E-state index contributed by atoms with van der Waals surface area (Å²) in [5, 5.41) is 10.3. The second-order valence-electron chi connectivity index (χ2n) is 5.74. The molecule has 100 valence electrons. The number of benzene rings is 1. The summed E-state index contributed by atoms with van der Waals surface area (Å²) >= 11 is 0. The third-order valence-electron chi connectivity index (χ3n) is 3.42. The minimum atomic E-state index is -0.665. The Morgan fingerprint density at radius 1 is 1.17 bits per heavy atom. The summed E-state index contributed by atoms with van der Waals surface area (Å²) in [6.07, 6.45) is -0.195. The lowest BCUT2D eigenvalue weighted by Gasteiger charge is -2.49. The molecule has 18 heavy (non-hydrogen) atoms. The summed E-state index contributed by atoms with van der Waals surface area (Å²) in [7, 11) is 0. The molecular weight excluding hydrogens is 228 g/mol. The van der Waals surface area contributed by atoms with Crippen LogP contribution in [0.2, 0.25) is 0 Å². The van der Waals surface area contributed by atoms with Crippen molar-refractivity contribution in [1.29, 1.82) is 0 Å². The third-order valence-corrected chi connectivity index (χ3v) is 3.42. The van der Waals surface area contributed by atoms with Crippen LogP contribution in [0.3, 0.4) is 0 Å². The normalized spacial score (nSPS) is 35.4. The van der Waals surface area contributed by atoms with Gasteiger partial charge in [-0.1, -0.05) is 30.3 Å². The predicted octanol–water partition coefficient (Wildman–Crippen LogP) is 2.52. The molecule has 1 aromatic carbocycles. The maximum absolute atomic E-state index is 10.3.